The third kappa shape index (κ3) is 6.30. The number of halogens is 6. The van der Waals surface area contributed by atoms with Gasteiger partial charge in [-0.15, -0.1) is 0 Å². The molecule has 0 fully saturated rings. The van der Waals surface area contributed by atoms with E-state index in [1.165, 1.54) is 30.3 Å². The second kappa shape index (κ2) is 11.2. The van der Waals surface area contributed by atoms with Crippen LogP contribution in [0.3, 0.4) is 0 Å². The van der Waals surface area contributed by atoms with E-state index in [4.69, 9.17) is 18.6 Å². The summed E-state index contributed by atoms with van der Waals surface area (Å²) in [6, 6.07) is 13.3. The van der Waals surface area contributed by atoms with Gasteiger partial charge in [0.05, 0.1) is 23.2 Å². The van der Waals surface area contributed by atoms with Crippen LogP contribution in [-0.4, -0.2) is 19.1 Å². The largest absolute Gasteiger partial charge is 0.490 e. The highest BCUT2D eigenvalue weighted by Gasteiger charge is 2.41. The molecule has 13 heteroatoms. The third-order valence-electron chi connectivity index (χ3n) is 5.32. The molecule has 0 bridgehead atoms. The van der Waals surface area contributed by atoms with Crippen molar-refractivity contribution in [3.05, 3.63) is 88.3 Å². The van der Waals surface area contributed by atoms with Crippen molar-refractivity contribution in [2.24, 2.45) is 0 Å². The minimum absolute atomic E-state index is 0.109. The lowest BCUT2D eigenvalue weighted by atomic mass is 10.1. The maximum atomic E-state index is 13.9. The number of rotatable bonds is 8. The molecule has 0 aliphatic carbocycles. The Bertz CT molecular complexity index is 1600. The van der Waals surface area contributed by atoms with Crippen molar-refractivity contribution in [2.45, 2.75) is 19.3 Å². The molecule has 40 heavy (non-hydrogen) atoms. The first-order chi connectivity index (χ1) is 18.9. The summed E-state index contributed by atoms with van der Waals surface area (Å²) in [6.07, 6.45) is -9.85. The molecular weight excluding hydrogens is 548 g/mol. The summed E-state index contributed by atoms with van der Waals surface area (Å²) in [4.78, 5) is 25.2. The molecule has 0 radical (unpaired) electrons. The fourth-order valence-corrected chi connectivity index (χ4v) is 3.62. The summed E-state index contributed by atoms with van der Waals surface area (Å²) in [5.41, 5.74) is -3.23. The van der Waals surface area contributed by atoms with Crippen molar-refractivity contribution in [2.75, 3.05) is 18.5 Å². The van der Waals surface area contributed by atoms with Crippen LogP contribution in [0.4, 0.5) is 32.0 Å². The van der Waals surface area contributed by atoms with Crippen LogP contribution in [0, 0.1) is 0 Å². The minimum atomic E-state index is -5.13. The topological polar surface area (TPSA) is 87.0 Å². The standard InChI is InChI=1S/C27H19F6NO6/c1-2-37-19-9-5-6-10-20(19)39-24-23(36)16-12-11-15(13-21(16)40-25(24)27(31,32)33)38-14-22(35)34-18-8-4-3-7-17(18)26(28,29)30/h3-13H,2,14H2,1H3,(H,34,35). The molecule has 0 unspecified atom stereocenters. The highest BCUT2D eigenvalue weighted by Crippen LogP contribution is 2.40. The summed E-state index contributed by atoms with van der Waals surface area (Å²) in [6.45, 7) is 1.06. The third-order valence-corrected chi connectivity index (χ3v) is 5.32. The zero-order valence-corrected chi connectivity index (χ0v) is 20.5. The van der Waals surface area contributed by atoms with Crippen molar-refractivity contribution in [3.63, 3.8) is 0 Å². The number of hydrogen-bond donors (Lipinski definition) is 1. The first kappa shape index (κ1) is 28.3. The lowest BCUT2D eigenvalue weighted by Gasteiger charge is -2.15. The van der Waals surface area contributed by atoms with E-state index < -0.39 is 58.6 Å². The predicted molar refractivity (Wildman–Crippen MR) is 131 cm³/mol. The van der Waals surface area contributed by atoms with E-state index in [9.17, 15) is 35.9 Å². The van der Waals surface area contributed by atoms with Crippen LogP contribution in [0.25, 0.3) is 11.0 Å². The molecule has 0 saturated carbocycles. The number of amides is 1. The molecule has 1 amide bonds. The molecule has 0 aliphatic heterocycles. The van der Waals surface area contributed by atoms with E-state index in [0.29, 0.717) is 0 Å². The van der Waals surface area contributed by atoms with Crippen LogP contribution in [0.2, 0.25) is 0 Å². The van der Waals surface area contributed by atoms with Crippen LogP contribution in [0.5, 0.6) is 23.0 Å². The molecule has 210 valence electrons. The number of hydrogen-bond acceptors (Lipinski definition) is 6. The SMILES string of the molecule is CCOc1ccccc1Oc1c(C(F)(F)F)oc2cc(OCC(=O)Nc3ccccc3C(F)(F)F)ccc2c1=O. The number of anilines is 1. The summed E-state index contributed by atoms with van der Waals surface area (Å²) in [5.74, 6) is -4.00. The van der Waals surface area contributed by atoms with Gasteiger partial charge in [-0.2, -0.15) is 26.3 Å². The van der Waals surface area contributed by atoms with Gasteiger partial charge in [-0.25, -0.2) is 0 Å². The lowest BCUT2D eigenvalue weighted by molar-refractivity contribution is -0.154. The number of benzene rings is 3. The van der Waals surface area contributed by atoms with Crippen molar-refractivity contribution in [3.8, 4) is 23.0 Å². The Hall–Kier alpha value is -4.68. The number of para-hydroxylation sites is 3. The van der Waals surface area contributed by atoms with Gasteiger partial charge < -0.3 is 23.9 Å². The summed E-state index contributed by atoms with van der Waals surface area (Å²) >= 11 is 0. The Morgan fingerprint density at radius 1 is 0.875 bits per heavy atom. The Balaban J connectivity index is 1.61. The summed E-state index contributed by atoms with van der Waals surface area (Å²) < 4.78 is 102. The zero-order valence-electron chi connectivity index (χ0n) is 20.5. The molecule has 0 saturated heterocycles. The lowest BCUT2D eigenvalue weighted by Crippen LogP contribution is -2.22. The average molecular weight is 567 g/mol. The van der Waals surface area contributed by atoms with Gasteiger partial charge in [-0.3, -0.25) is 9.59 Å². The van der Waals surface area contributed by atoms with Crippen LogP contribution in [-0.2, 0) is 17.1 Å². The van der Waals surface area contributed by atoms with Crippen LogP contribution in [0.15, 0.2) is 75.9 Å². The molecule has 0 atom stereocenters. The van der Waals surface area contributed by atoms with Gasteiger partial charge in [0.2, 0.25) is 11.2 Å². The normalized spacial score (nSPS) is 11.8. The van der Waals surface area contributed by atoms with Crippen molar-refractivity contribution < 1.29 is 49.8 Å². The maximum absolute atomic E-state index is 13.9. The van der Waals surface area contributed by atoms with E-state index in [1.807, 2.05) is 0 Å². The molecule has 0 spiro atoms. The quantitative estimate of drug-likeness (QED) is 0.230. The van der Waals surface area contributed by atoms with E-state index in [-0.39, 0.29) is 29.2 Å². The van der Waals surface area contributed by atoms with Crippen LogP contribution in [0.1, 0.15) is 18.2 Å². The minimum Gasteiger partial charge on any atom is -0.490 e. The second-order valence-electron chi connectivity index (χ2n) is 8.11. The van der Waals surface area contributed by atoms with Gasteiger partial charge in [0.25, 0.3) is 11.7 Å². The van der Waals surface area contributed by atoms with Gasteiger partial charge in [-0.05, 0) is 43.3 Å². The van der Waals surface area contributed by atoms with Gasteiger partial charge in [0.15, 0.2) is 18.1 Å². The molecule has 7 nitrogen and oxygen atoms in total. The van der Waals surface area contributed by atoms with Gasteiger partial charge in [-0.1, -0.05) is 24.3 Å². The predicted octanol–water partition coefficient (Wildman–Crippen LogP) is 7.04. The molecule has 4 rings (SSSR count). The van der Waals surface area contributed by atoms with Crippen LogP contribution >= 0.6 is 0 Å². The summed E-state index contributed by atoms with van der Waals surface area (Å²) in [7, 11) is 0. The van der Waals surface area contributed by atoms with Gasteiger partial charge in [0.1, 0.15) is 11.3 Å². The van der Waals surface area contributed by atoms with E-state index in [1.54, 1.807) is 13.0 Å². The number of fused-ring (bicyclic) bond motifs is 1. The van der Waals surface area contributed by atoms with Gasteiger partial charge in [0, 0.05) is 6.07 Å². The zero-order chi connectivity index (χ0) is 29.1. The molecule has 4 aromatic rings. The average Bonchev–Trinajstić information content (AvgIpc) is 2.89. The van der Waals surface area contributed by atoms with Crippen molar-refractivity contribution in [1.29, 1.82) is 0 Å². The summed E-state index contributed by atoms with van der Waals surface area (Å²) in [5, 5.41) is 1.79. The first-order valence-electron chi connectivity index (χ1n) is 11.5. The monoisotopic (exact) mass is 567 g/mol. The fraction of sp³-hybridized carbons (Fsp3) is 0.185. The van der Waals surface area contributed by atoms with Gasteiger partial charge >= 0.3 is 12.4 Å². The molecule has 1 aromatic heterocycles. The van der Waals surface area contributed by atoms with E-state index in [0.717, 1.165) is 30.3 Å². The molecule has 1 heterocycles. The maximum Gasteiger partial charge on any atom is 0.453 e. The van der Waals surface area contributed by atoms with Crippen LogP contribution < -0.4 is 25.0 Å². The van der Waals surface area contributed by atoms with E-state index in [2.05, 4.69) is 5.32 Å². The number of carbonyl (C=O) groups is 1. The number of carbonyl (C=O) groups excluding carboxylic acids is 1. The second-order valence-corrected chi connectivity index (χ2v) is 8.11. The molecule has 3 aromatic carbocycles. The Morgan fingerprint density at radius 3 is 2.23 bits per heavy atom. The molecule has 0 aliphatic rings. The van der Waals surface area contributed by atoms with Crippen molar-refractivity contribution >= 4 is 22.6 Å². The molecular formula is C27H19F6NO6. The number of alkyl halides is 6. The first-order valence-corrected chi connectivity index (χ1v) is 11.5. The molecule has 1 N–H and O–H groups in total. The Morgan fingerprint density at radius 2 is 1.55 bits per heavy atom. The Labute approximate surface area is 221 Å². The Kier molecular flexibility index (Phi) is 7.93. The van der Waals surface area contributed by atoms with Crippen molar-refractivity contribution in [1.82, 2.24) is 0 Å². The highest BCUT2D eigenvalue weighted by atomic mass is 19.4. The van der Waals surface area contributed by atoms with E-state index >= 15 is 0 Å². The smallest absolute Gasteiger partial charge is 0.453 e. The number of ether oxygens (including phenoxy) is 3. The number of nitrogens with one attached hydrogen (secondary N) is 1. The fourth-order valence-electron chi connectivity index (χ4n) is 3.62. The highest BCUT2D eigenvalue weighted by molar-refractivity contribution is 5.92.